The molecule has 8 heteroatoms. The summed E-state index contributed by atoms with van der Waals surface area (Å²) in [5.41, 5.74) is -0.438. The van der Waals surface area contributed by atoms with Crippen molar-refractivity contribution >= 4 is 6.03 Å². The molecule has 1 heterocycles. The molecule has 0 radical (unpaired) electrons. The highest BCUT2D eigenvalue weighted by Crippen LogP contribution is 2.30. The lowest BCUT2D eigenvalue weighted by molar-refractivity contribution is -0.140. The number of amides is 2. The number of urea groups is 1. The third-order valence-corrected chi connectivity index (χ3v) is 3.48. The number of halogens is 3. The van der Waals surface area contributed by atoms with Crippen molar-refractivity contribution in [3.05, 3.63) is 35.4 Å². The maximum atomic E-state index is 12.8. The van der Waals surface area contributed by atoms with Gasteiger partial charge in [-0.25, -0.2) is 9.86 Å². The first-order valence-corrected chi connectivity index (χ1v) is 7.29. The van der Waals surface area contributed by atoms with Gasteiger partial charge in [0.15, 0.2) is 0 Å². The lowest BCUT2D eigenvalue weighted by Crippen LogP contribution is -2.44. The van der Waals surface area contributed by atoms with Crippen molar-refractivity contribution in [1.29, 1.82) is 0 Å². The summed E-state index contributed by atoms with van der Waals surface area (Å²) >= 11 is 0. The zero-order chi connectivity index (χ0) is 16.9. The highest BCUT2D eigenvalue weighted by Gasteiger charge is 2.31. The van der Waals surface area contributed by atoms with Crippen LogP contribution in [0.4, 0.5) is 18.0 Å². The summed E-state index contributed by atoms with van der Waals surface area (Å²) in [6.07, 6.45) is -2.74. The molecule has 0 aromatic heterocycles. The van der Waals surface area contributed by atoms with Crippen LogP contribution in [0.5, 0.6) is 0 Å². The minimum absolute atomic E-state index is 0.0564. The van der Waals surface area contributed by atoms with Gasteiger partial charge in [0, 0.05) is 7.11 Å². The van der Waals surface area contributed by atoms with E-state index in [4.69, 9.17) is 9.57 Å². The average Bonchev–Trinajstić information content (AvgIpc) is 2.54. The number of ether oxygens (including phenoxy) is 1. The molecule has 1 aromatic carbocycles. The van der Waals surface area contributed by atoms with Crippen LogP contribution in [0.3, 0.4) is 0 Å². The Hall–Kier alpha value is -1.80. The van der Waals surface area contributed by atoms with Gasteiger partial charge in [0.25, 0.3) is 0 Å². The molecule has 2 amide bonds. The SMILES string of the molecule is COC[C@@H](NC(=O)N1CCCCO1)c1cccc(C(F)(F)F)c1. The standard InChI is InChI=1S/C15H19F3N2O3/c1-22-10-13(19-14(21)20-7-2-3-8-23-20)11-5-4-6-12(9-11)15(16,17)18/h4-6,9,13H,2-3,7-8,10H2,1H3,(H,19,21)/t13-/m1/s1. The Morgan fingerprint density at radius 3 is 2.83 bits per heavy atom. The van der Waals surface area contributed by atoms with Crippen LogP contribution in [-0.2, 0) is 15.8 Å². The second kappa shape index (κ2) is 7.65. The molecule has 1 aliphatic rings. The van der Waals surface area contributed by atoms with E-state index in [1.165, 1.54) is 24.3 Å². The average molecular weight is 332 g/mol. The number of carbonyl (C=O) groups excluding carboxylic acids is 1. The second-order valence-corrected chi connectivity index (χ2v) is 5.22. The van der Waals surface area contributed by atoms with Gasteiger partial charge >= 0.3 is 12.2 Å². The Bertz CT molecular complexity index is 531. The van der Waals surface area contributed by atoms with E-state index in [1.54, 1.807) is 0 Å². The first-order chi connectivity index (χ1) is 10.9. The highest BCUT2D eigenvalue weighted by atomic mass is 19.4. The van der Waals surface area contributed by atoms with Crippen molar-refractivity contribution in [2.75, 3.05) is 26.9 Å². The summed E-state index contributed by atoms with van der Waals surface area (Å²) in [6.45, 7) is 0.959. The molecule has 1 saturated heterocycles. The summed E-state index contributed by atoms with van der Waals surface area (Å²) in [4.78, 5) is 17.4. The summed E-state index contributed by atoms with van der Waals surface area (Å²) in [6, 6.07) is 3.66. The van der Waals surface area contributed by atoms with Crippen molar-refractivity contribution < 1.29 is 27.5 Å². The minimum atomic E-state index is -4.44. The number of carbonyl (C=O) groups is 1. The van der Waals surface area contributed by atoms with Crippen molar-refractivity contribution in [3.8, 4) is 0 Å². The van der Waals surface area contributed by atoms with Crippen LogP contribution < -0.4 is 5.32 Å². The number of nitrogens with zero attached hydrogens (tertiary/aromatic N) is 1. The van der Waals surface area contributed by atoms with Gasteiger partial charge in [-0.15, -0.1) is 0 Å². The molecule has 0 aliphatic carbocycles. The van der Waals surface area contributed by atoms with E-state index in [0.29, 0.717) is 18.7 Å². The van der Waals surface area contributed by atoms with Crippen LogP contribution in [0.25, 0.3) is 0 Å². The normalized spacial score (nSPS) is 17.0. The Kier molecular flexibility index (Phi) is 5.84. The van der Waals surface area contributed by atoms with Crippen LogP contribution in [0, 0.1) is 0 Å². The van der Waals surface area contributed by atoms with Gasteiger partial charge in [0.05, 0.1) is 31.4 Å². The minimum Gasteiger partial charge on any atom is -0.382 e. The fourth-order valence-electron chi connectivity index (χ4n) is 2.30. The number of benzene rings is 1. The van der Waals surface area contributed by atoms with Crippen molar-refractivity contribution in [2.45, 2.75) is 25.1 Å². The largest absolute Gasteiger partial charge is 0.416 e. The molecule has 0 spiro atoms. The number of hydrogen-bond donors (Lipinski definition) is 1. The van der Waals surface area contributed by atoms with Crippen LogP contribution in [0.1, 0.15) is 30.0 Å². The van der Waals surface area contributed by atoms with Crippen LogP contribution in [-0.4, -0.2) is 38.0 Å². The molecule has 1 N–H and O–H groups in total. The van der Waals surface area contributed by atoms with Crippen LogP contribution in [0.15, 0.2) is 24.3 Å². The molecular formula is C15H19F3N2O3. The maximum Gasteiger partial charge on any atom is 0.416 e. The zero-order valence-electron chi connectivity index (χ0n) is 12.7. The summed E-state index contributed by atoms with van der Waals surface area (Å²) in [5.74, 6) is 0. The fraction of sp³-hybridized carbons (Fsp3) is 0.533. The highest BCUT2D eigenvalue weighted by molar-refractivity contribution is 5.73. The van der Waals surface area contributed by atoms with Crippen LogP contribution in [0.2, 0.25) is 0 Å². The van der Waals surface area contributed by atoms with Gasteiger partial charge in [-0.05, 0) is 30.5 Å². The van der Waals surface area contributed by atoms with E-state index >= 15 is 0 Å². The molecule has 128 valence electrons. The Labute approximate surface area is 132 Å². The van der Waals surface area contributed by atoms with Gasteiger partial charge in [-0.3, -0.25) is 4.84 Å². The van der Waals surface area contributed by atoms with Crippen molar-refractivity contribution in [2.24, 2.45) is 0 Å². The molecule has 0 bridgehead atoms. The van der Waals surface area contributed by atoms with Crippen molar-refractivity contribution in [3.63, 3.8) is 0 Å². The first kappa shape index (κ1) is 17.6. The lowest BCUT2D eigenvalue weighted by Gasteiger charge is -2.28. The molecule has 1 aromatic rings. The molecule has 23 heavy (non-hydrogen) atoms. The molecular weight excluding hydrogens is 313 g/mol. The second-order valence-electron chi connectivity index (χ2n) is 5.22. The Morgan fingerprint density at radius 1 is 1.43 bits per heavy atom. The Balaban J connectivity index is 2.12. The Morgan fingerprint density at radius 2 is 2.22 bits per heavy atom. The topological polar surface area (TPSA) is 50.8 Å². The van der Waals surface area contributed by atoms with E-state index < -0.39 is 23.8 Å². The van der Waals surface area contributed by atoms with Gasteiger partial charge in [0.2, 0.25) is 0 Å². The number of rotatable bonds is 4. The fourth-order valence-corrected chi connectivity index (χ4v) is 2.30. The maximum absolute atomic E-state index is 12.8. The molecule has 0 unspecified atom stereocenters. The zero-order valence-corrected chi connectivity index (χ0v) is 12.7. The van der Waals surface area contributed by atoms with Crippen molar-refractivity contribution in [1.82, 2.24) is 10.4 Å². The molecule has 1 atom stereocenters. The van der Waals surface area contributed by atoms with Gasteiger partial charge in [-0.1, -0.05) is 12.1 Å². The molecule has 1 aliphatic heterocycles. The predicted octanol–water partition coefficient (Wildman–Crippen LogP) is 3.13. The van der Waals surface area contributed by atoms with E-state index in [9.17, 15) is 18.0 Å². The monoisotopic (exact) mass is 332 g/mol. The third-order valence-electron chi connectivity index (χ3n) is 3.48. The third kappa shape index (κ3) is 4.84. The van der Waals surface area contributed by atoms with Gasteiger partial charge < -0.3 is 10.1 Å². The van der Waals surface area contributed by atoms with E-state index in [-0.39, 0.29) is 6.61 Å². The summed E-state index contributed by atoms with van der Waals surface area (Å²) in [7, 11) is 1.42. The number of methoxy groups -OCH3 is 1. The van der Waals surface area contributed by atoms with Crippen LogP contribution >= 0.6 is 0 Å². The molecule has 2 rings (SSSR count). The molecule has 0 saturated carbocycles. The first-order valence-electron chi connectivity index (χ1n) is 7.29. The smallest absolute Gasteiger partial charge is 0.382 e. The number of hydroxylamine groups is 2. The predicted molar refractivity (Wildman–Crippen MR) is 76.5 cm³/mol. The van der Waals surface area contributed by atoms with Gasteiger partial charge in [0.1, 0.15) is 0 Å². The number of hydrogen-bond acceptors (Lipinski definition) is 3. The van der Waals surface area contributed by atoms with Gasteiger partial charge in [-0.2, -0.15) is 13.2 Å². The quantitative estimate of drug-likeness (QED) is 0.922. The van der Waals surface area contributed by atoms with E-state index in [2.05, 4.69) is 5.32 Å². The van der Waals surface area contributed by atoms with E-state index in [0.717, 1.165) is 25.0 Å². The molecule has 1 fully saturated rings. The number of nitrogens with one attached hydrogen (secondary N) is 1. The molecule has 5 nitrogen and oxygen atoms in total. The lowest BCUT2D eigenvalue weighted by atomic mass is 10.0. The van der Waals surface area contributed by atoms with E-state index in [1.807, 2.05) is 0 Å². The summed E-state index contributed by atoms with van der Waals surface area (Å²) < 4.78 is 43.5. The number of alkyl halides is 3. The summed E-state index contributed by atoms with van der Waals surface area (Å²) in [5, 5.41) is 3.85.